The highest BCUT2D eigenvalue weighted by Crippen LogP contribution is 2.42. The first-order valence-corrected chi connectivity index (χ1v) is 8.14. The van der Waals surface area contributed by atoms with Crippen LogP contribution >= 0.6 is 11.8 Å². The lowest BCUT2D eigenvalue weighted by Gasteiger charge is -2.21. The maximum atomic E-state index is 3.52. The lowest BCUT2D eigenvalue weighted by molar-refractivity contribution is 0.390. The molecule has 1 N–H and O–H groups in total. The van der Waals surface area contributed by atoms with Gasteiger partial charge >= 0.3 is 0 Å². The SMILES string of the molecule is CCNC(C)CC(C)CC1CSc2ccccc21. The molecular weight excluding hydrogens is 238 g/mol. The fourth-order valence-electron chi connectivity index (χ4n) is 3.04. The van der Waals surface area contributed by atoms with E-state index in [-0.39, 0.29) is 0 Å². The summed E-state index contributed by atoms with van der Waals surface area (Å²) in [5.74, 6) is 2.85. The van der Waals surface area contributed by atoms with Crippen LogP contribution in [0.15, 0.2) is 29.2 Å². The molecule has 1 aromatic carbocycles. The topological polar surface area (TPSA) is 12.0 Å². The van der Waals surface area contributed by atoms with Crippen LogP contribution in [0.4, 0.5) is 0 Å². The highest BCUT2D eigenvalue weighted by molar-refractivity contribution is 7.99. The standard InChI is InChI=1S/C16H25NS/c1-4-17-13(3)9-12(2)10-14-11-18-16-8-6-5-7-15(14)16/h5-8,12-14,17H,4,9-11H2,1-3H3. The molecule has 0 amide bonds. The zero-order chi connectivity index (χ0) is 13.0. The normalized spacial score (nSPS) is 21.6. The highest BCUT2D eigenvalue weighted by Gasteiger charge is 2.24. The third-order valence-electron chi connectivity index (χ3n) is 3.79. The van der Waals surface area contributed by atoms with Crippen molar-refractivity contribution in [3.63, 3.8) is 0 Å². The molecular formula is C16H25NS. The van der Waals surface area contributed by atoms with E-state index in [0.29, 0.717) is 6.04 Å². The molecule has 0 spiro atoms. The van der Waals surface area contributed by atoms with Gasteiger partial charge in [0.25, 0.3) is 0 Å². The Balaban J connectivity index is 1.87. The molecule has 0 saturated carbocycles. The Morgan fingerprint density at radius 3 is 2.89 bits per heavy atom. The van der Waals surface area contributed by atoms with Crippen molar-refractivity contribution in [3.05, 3.63) is 29.8 Å². The fourth-order valence-corrected chi connectivity index (χ4v) is 4.31. The van der Waals surface area contributed by atoms with Gasteiger partial charge in [-0.2, -0.15) is 0 Å². The predicted octanol–water partition coefficient (Wildman–Crippen LogP) is 4.29. The van der Waals surface area contributed by atoms with Crippen LogP contribution in [0.5, 0.6) is 0 Å². The average molecular weight is 263 g/mol. The van der Waals surface area contributed by atoms with Gasteiger partial charge < -0.3 is 5.32 Å². The van der Waals surface area contributed by atoms with E-state index in [1.165, 1.54) is 23.5 Å². The van der Waals surface area contributed by atoms with Gasteiger partial charge in [0.05, 0.1) is 0 Å². The number of rotatable bonds is 6. The van der Waals surface area contributed by atoms with Crippen LogP contribution in [0, 0.1) is 5.92 Å². The molecule has 1 heterocycles. The lowest BCUT2D eigenvalue weighted by Crippen LogP contribution is -2.27. The Bertz CT molecular complexity index is 377. The minimum atomic E-state index is 0.647. The molecule has 1 aliphatic rings. The Kier molecular flexibility index (Phi) is 5.13. The summed E-state index contributed by atoms with van der Waals surface area (Å²) in [6.45, 7) is 7.97. The second-order valence-electron chi connectivity index (χ2n) is 5.58. The summed E-state index contributed by atoms with van der Waals surface area (Å²) in [5, 5.41) is 3.52. The van der Waals surface area contributed by atoms with Crippen molar-refractivity contribution in [2.75, 3.05) is 12.3 Å². The highest BCUT2D eigenvalue weighted by atomic mass is 32.2. The van der Waals surface area contributed by atoms with Crippen molar-refractivity contribution >= 4 is 11.8 Å². The van der Waals surface area contributed by atoms with Crippen molar-refractivity contribution in [1.29, 1.82) is 0 Å². The number of fused-ring (bicyclic) bond motifs is 1. The molecule has 1 aromatic rings. The van der Waals surface area contributed by atoms with Crippen molar-refractivity contribution in [2.45, 2.75) is 50.5 Å². The van der Waals surface area contributed by atoms with Crippen LogP contribution in [-0.4, -0.2) is 18.3 Å². The van der Waals surface area contributed by atoms with Crippen molar-refractivity contribution in [3.8, 4) is 0 Å². The number of thioether (sulfide) groups is 1. The van der Waals surface area contributed by atoms with Gasteiger partial charge in [0, 0.05) is 16.7 Å². The monoisotopic (exact) mass is 263 g/mol. The largest absolute Gasteiger partial charge is 0.315 e. The van der Waals surface area contributed by atoms with Crippen LogP contribution < -0.4 is 5.32 Å². The Morgan fingerprint density at radius 1 is 1.33 bits per heavy atom. The van der Waals surface area contributed by atoms with E-state index in [2.05, 4.69) is 50.4 Å². The van der Waals surface area contributed by atoms with Gasteiger partial charge in [0.1, 0.15) is 0 Å². The van der Waals surface area contributed by atoms with E-state index in [0.717, 1.165) is 18.4 Å². The fraction of sp³-hybridized carbons (Fsp3) is 0.625. The van der Waals surface area contributed by atoms with Gasteiger partial charge in [-0.3, -0.25) is 0 Å². The first-order valence-electron chi connectivity index (χ1n) is 7.15. The number of hydrogen-bond acceptors (Lipinski definition) is 2. The van der Waals surface area contributed by atoms with E-state index in [9.17, 15) is 0 Å². The second kappa shape index (κ2) is 6.63. The molecule has 3 unspecified atom stereocenters. The maximum Gasteiger partial charge on any atom is 0.0107 e. The summed E-state index contributed by atoms with van der Waals surface area (Å²) in [7, 11) is 0. The van der Waals surface area contributed by atoms with Crippen LogP contribution in [0.25, 0.3) is 0 Å². The summed E-state index contributed by atoms with van der Waals surface area (Å²) in [5.41, 5.74) is 1.59. The molecule has 1 aliphatic heterocycles. The van der Waals surface area contributed by atoms with Crippen molar-refractivity contribution < 1.29 is 0 Å². The predicted molar refractivity (Wildman–Crippen MR) is 81.4 cm³/mol. The quantitative estimate of drug-likeness (QED) is 0.821. The summed E-state index contributed by atoms with van der Waals surface area (Å²) in [6.07, 6.45) is 2.62. The Morgan fingerprint density at radius 2 is 2.11 bits per heavy atom. The number of nitrogens with one attached hydrogen (secondary N) is 1. The summed E-state index contributed by atoms with van der Waals surface area (Å²) in [6, 6.07) is 9.58. The molecule has 0 saturated heterocycles. The molecule has 18 heavy (non-hydrogen) atoms. The minimum absolute atomic E-state index is 0.647. The maximum absolute atomic E-state index is 3.52. The minimum Gasteiger partial charge on any atom is -0.315 e. The van der Waals surface area contributed by atoms with Gasteiger partial charge in [0.15, 0.2) is 0 Å². The first kappa shape index (κ1) is 14.0. The van der Waals surface area contributed by atoms with E-state index in [1.54, 1.807) is 5.56 Å². The van der Waals surface area contributed by atoms with E-state index >= 15 is 0 Å². The molecule has 100 valence electrons. The van der Waals surface area contributed by atoms with Crippen LogP contribution in [0.3, 0.4) is 0 Å². The molecule has 2 heteroatoms. The smallest absolute Gasteiger partial charge is 0.0107 e. The third kappa shape index (κ3) is 3.52. The van der Waals surface area contributed by atoms with E-state index < -0.39 is 0 Å². The molecule has 0 bridgehead atoms. The van der Waals surface area contributed by atoms with Crippen LogP contribution in [0.1, 0.15) is 45.1 Å². The van der Waals surface area contributed by atoms with Gasteiger partial charge in [-0.1, -0.05) is 32.0 Å². The summed E-state index contributed by atoms with van der Waals surface area (Å²) in [4.78, 5) is 1.51. The molecule has 1 nitrogen and oxygen atoms in total. The molecule has 0 aliphatic carbocycles. The molecule has 0 fully saturated rings. The number of benzene rings is 1. The number of hydrogen-bond donors (Lipinski definition) is 1. The van der Waals surface area contributed by atoms with Gasteiger partial charge in [-0.05, 0) is 49.8 Å². The van der Waals surface area contributed by atoms with Crippen molar-refractivity contribution in [2.24, 2.45) is 5.92 Å². The third-order valence-corrected chi connectivity index (χ3v) is 5.05. The zero-order valence-electron chi connectivity index (χ0n) is 11.8. The Labute approximate surface area is 116 Å². The van der Waals surface area contributed by atoms with Crippen LogP contribution in [-0.2, 0) is 0 Å². The second-order valence-corrected chi connectivity index (χ2v) is 6.64. The zero-order valence-corrected chi connectivity index (χ0v) is 12.6. The van der Waals surface area contributed by atoms with E-state index in [4.69, 9.17) is 0 Å². The van der Waals surface area contributed by atoms with Gasteiger partial charge in [-0.25, -0.2) is 0 Å². The summed E-state index contributed by atoms with van der Waals surface area (Å²) < 4.78 is 0. The van der Waals surface area contributed by atoms with Crippen molar-refractivity contribution in [1.82, 2.24) is 5.32 Å². The first-order chi connectivity index (χ1) is 8.70. The Hall–Kier alpha value is -0.470. The average Bonchev–Trinajstić information content (AvgIpc) is 2.73. The lowest BCUT2D eigenvalue weighted by atomic mass is 9.88. The van der Waals surface area contributed by atoms with Gasteiger partial charge in [0.2, 0.25) is 0 Å². The van der Waals surface area contributed by atoms with E-state index in [1.807, 2.05) is 11.8 Å². The van der Waals surface area contributed by atoms with Crippen LogP contribution in [0.2, 0.25) is 0 Å². The molecule has 0 aromatic heterocycles. The molecule has 3 atom stereocenters. The summed E-state index contributed by atoms with van der Waals surface area (Å²) >= 11 is 2.03. The molecule has 2 rings (SSSR count). The molecule has 0 radical (unpaired) electrons. The van der Waals surface area contributed by atoms with Gasteiger partial charge in [-0.15, -0.1) is 11.8 Å².